The highest BCUT2D eigenvalue weighted by atomic mass is 16.6. The van der Waals surface area contributed by atoms with Crippen molar-refractivity contribution in [2.24, 2.45) is 0 Å². The van der Waals surface area contributed by atoms with Gasteiger partial charge < -0.3 is 4.74 Å². The third-order valence-corrected chi connectivity index (χ3v) is 4.16. The van der Waals surface area contributed by atoms with Crippen molar-refractivity contribution < 1.29 is 4.74 Å². The summed E-state index contributed by atoms with van der Waals surface area (Å²) in [6.45, 7) is 8.43. The quantitative estimate of drug-likeness (QED) is 0.632. The van der Waals surface area contributed by atoms with E-state index in [1.165, 1.54) is 45.4 Å². The Morgan fingerprint density at radius 2 is 2.13 bits per heavy atom. The number of rotatable bonds is 2. The van der Waals surface area contributed by atoms with E-state index >= 15 is 0 Å². The third-order valence-electron chi connectivity index (χ3n) is 4.16. The van der Waals surface area contributed by atoms with Crippen LogP contribution in [0.25, 0.3) is 0 Å². The van der Waals surface area contributed by atoms with Crippen LogP contribution >= 0.6 is 0 Å². The average molecular weight is 210 g/mol. The molecule has 0 aliphatic carbocycles. The SMILES string of the molecule is CC1CN2CCCCC2CN1CC1CO1. The molecule has 3 unspecified atom stereocenters. The van der Waals surface area contributed by atoms with Gasteiger partial charge >= 0.3 is 0 Å². The fraction of sp³-hybridized carbons (Fsp3) is 1.00. The Hall–Kier alpha value is -0.120. The monoisotopic (exact) mass is 210 g/mol. The van der Waals surface area contributed by atoms with Crippen LogP contribution in [0.5, 0.6) is 0 Å². The second-order valence-corrected chi connectivity index (χ2v) is 5.40. The van der Waals surface area contributed by atoms with Crippen molar-refractivity contribution in [1.82, 2.24) is 9.80 Å². The number of fused-ring (bicyclic) bond motifs is 1. The molecule has 3 aliphatic heterocycles. The van der Waals surface area contributed by atoms with Gasteiger partial charge in [0.1, 0.15) is 0 Å². The molecule has 0 bridgehead atoms. The van der Waals surface area contributed by atoms with Crippen molar-refractivity contribution in [3.8, 4) is 0 Å². The van der Waals surface area contributed by atoms with Crippen molar-refractivity contribution in [2.75, 3.05) is 32.8 Å². The van der Waals surface area contributed by atoms with Crippen LogP contribution in [-0.4, -0.2) is 60.8 Å². The molecule has 0 aromatic heterocycles. The molecule has 0 spiro atoms. The van der Waals surface area contributed by atoms with E-state index < -0.39 is 0 Å². The molecule has 0 amide bonds. The van der Waals surface area contributed by atoms with Gasteiger partial charge in [0.2, 0.25) is 0 Å². The minimum Gasteiger partial charge on any atom is -0.372 e. The lowest BCUT2D eigenvalue weighted by molar-refractivity contribution is 0.0124. The first-order valence-corrected chi connectivity index (χ1v) is 6.42. The molecule has 0 radical (unpaired) electrons. The lowest BCUT2D eigenvalue weighted by atomic mass is 9.97. The third kappa shape index (κ3) is 2.19. The van der Waals surface area contributed by atoms with Crippen LogP contribution in [0, 0.1) is 0 Å². The van der Waals surface area contributed by atoms with E-state index in [9.17, 15) is 0 Å². The van der Waals surface area contributed by atoms with Crippen molar-refractivity contribution in [1.29, 1.82) is 0 Å². The van der Waals surface area contributed by atoms with Crippen LogP contribution in [0.2, 0.25) is 0 Å². The summed E-state index contributed by atoms with van der Waals surface area (Å²) in [6, 6.07) is 1.57. The molecule has 3 heteroatoms. The second kappa shape index (κ2) is 4.04. The first-order valence-electron chi connectivity index (χ1n) is 6.42. The highest BCUT2D eigenvalue weighted by Gasteiger charge is 2.35. The van der Waals surface area contributed by atoms with Gasteiger partial charge in [-0.15, -0.1) is 0 Å². The molecule has 86 valence electrons. The molecule has 0 N–H and O–H groups in total. The topological polar surface area (TPSA) is 19.0 Å². The predicted octanol–water partition coefficient (Wildman–Crippen LogP) is 0.944. The Morgan fingerprint density at radius 3 is 2.93 bits per heavy atom. The molecule has 0 saturated carbocycles. The first kappa shape index (κ1) is 10.1. The highest BCUT2D eigenvalue weighted by Crippen LogP contribution is 2.25. The summed E-state index contributed by atoms with van der Waals surface area (Å²) in [4.78, 5) is 5.35. The van der Waals surface area contributed by atoms with Crippen LogP contribution in [0.3, 0.4) is 0 Å². The standard InChI is InChI=1S/C12H22N2O/c1-10-6-13-5-3-2-4-11(13)7-14(10)8-12-9-15-12/h10-12H,2-9H2,1H3. The number of piperidine rings is 1. The predicted molar refractivity (Wildman–Crippen MR) is 60.0 cm³/mol. The Kier molecular flexibility index (Phi) is 2.71. The van der Waals surface area contributed by atoms with Crippen LogP contribution in [-0.2, 0) is 4.74 Å². The molecule has 0 aromatic carbocycles. The van der Waals surface area contributed by atoms with Crippen molar-refractivity contribution >= 4 is 0 Å². The zero-order valence-electron chi connectivity index (χ0n) is 9.69. The van der Waals surface area contributed by atoms with Crippen LogP contribution in [0.1, 0.15) is 26.2 Å². The van der Waals surface area contributed by atoms with Crippen LogP contribution < -0.4 is 0 Å². The van der Waals surface area contributed by atoms with Crippen LogP contribution in [0.15, 0.2) is 0 Å². The number of ether oxygens (including phenoxy) is 1. The summed E-state index contributed by atoms with van der Waals surface area (Å²) in [5, 5.41) is 0. The number of nitrogens with zero attached hydrogens (tertiary/aromatic N) is 2. The number of piperazine rings is 1. The Morgan fingerprint density at radius 1 is 1.27 bits per heavy atom. The molecule has 3 fully saturated rings. The molecule has 3 rings (SSSR count). The summed E-state index contributed by atoms with van der Waals surface area (Å²) in [5.41, 5.74) is 0. The minimum atomic E-state index is 0.558. The van der Waals surface area contributed by atoms with E-state index in [-0.39, 0.29) is 0 Å². The van der Waals surface area contributed by atoms with Crippen molar-refractivity contribution in [2.45, 2.75) is 44.4 Å². The summed E-state index contributed by atoms with van der Waals surface area (Å²) in [5.74, 6) is 0. The Balaban J connectivity index is 1.60. The van der Waals surface area contributed by atoms with E-state index in [4.69, 9.17) is 4.74 Å². The lowest BCUT2D eigenvalue weighted by Gasteiger charge is -2.47. The fourth-order valence-electron chi connectivity index (χ4n) is 3.10. The normalized spacial score (nSPS) is 42.6. The van der Waals surface area contributed by atoms with Gasteiger partial charge in [-0.2, -0.15) is 0 Å². The molecule has 3 heterocycles. The summed E-state index contributed by atoms with van der Waals surface area (Å²) >= 11 is 0. The number of hydrogen-bond acceptors (Lipinski definition) is 3. The zero-order chi connectivity index (χ0) is 10.3. The Labute approximate surface area is 92.4 Å². The largest absolute Gasteiger partial charge is 0.372 e. The number of epoxide rings is 1. The van der Waals surface area contributed by atoms with Crippen molar-refractivity contribution in [3.63, 3.8) is 0 Å². The van der Waals surface area contributed by atoms with E-state index in [1.807, 2.05) is 0 Å². The zero-order valence-corrected chi connectivity index (χ0v) is 9.69. The van der Waals surface area contributed by atoms with E-state index in [2.05, 4.69) is 16.7 Å². The van der Waals surface area contributed by atoms with Gasteiger partial charge in [-0.05, 0) is 26.3 Å². The average Bonchev–Trinajstić information content (AvgIpc) is 3.03. The molecule has 3 aliphatic rings. The van der Waals surface area contributed by atoms with Gasteiger partial charge in [0.25, 0.3) is 0 Å². The van der Waals surface area contributed by atoms with Gasteiger partial charge in [-0.25, -0.2) is 0 Å². The molecule has 15 heavy (non-hydrogen) atoms. The molecule has 3 nitrogen and oxygen atoms in total. The number of hydrogen-bond donors (Lipinski definition) is 0. The van der Waals surface area contributed by atoms with E-state index in [0.717, 1.165) is 18.7 Å². The van der Waals surface area contributed by atoms with Gasteiger partial charge in [0.15, 0.2) is 0 Å². The lowest BCUT2D eigenvalue weighted by Crippen LogP contribution is -2.59. The summed E-state index contributed by atoms with van der Waals surface area (Å²) in [6.07, 6.45) is 4.81. The molecular weight excluding hydrogens is 188 g/mol. The van der Waals surface area contributed by atoms with Crippen LogP contribution in [0.4, 0.5) is 0 Å². The van der Waals surface area contributed by atoms with Gasteiger partial charge in [-0.3, -0.25) is 9.80 Å². The summed E-state index contributed by atoms with van der Waals surface area (Å²) in [7, 11) is 0. The fourth-order valence-corrected chi connectivity index (χ4v) is 3.10. The van der Waals surface area contributed by atoms with Gasteiger partial charge in [0.05, 0.1) is 12.7 Å². The minimum absolute atomic E-state index is 0.558. The maximum Gasteiger partial charge on any atom is 0.0936 e. The van der Waals surface area contributed by atoms with Gasteiger partial charge in [-0.1, -0.05) is 6.42 Å². The second-order valence-electron chi connectivity index (χ2n) is 5.40. The van der Waals surface area contributed by atoms with E-state index in [1.54, 1.807) is 0 Å². The van der Waals surface area contributed by atoms with Crippen molar-refractivity contribution in [3.05, 3.63) is 0 Å². The van der Waals surface area contributed by atoms with Gasteiger partial charge in [0, 0.05) is 31.7 Å². The molecule has 3 atom stereocenters. The molecule has 3 saturated heterocycles. The highest BCUT2D eigenvalue weighted by molar-refractivity contribution is 4.91. The smallest absolute Gasteiger partial charge is 0.0936 e. The summed E-state index contributed by atoms with van der Waals surface area (Å²) < 4.78 is 5.34. The van der Waals surface area contributed by atoms with E-state index in [0.29, 0.717) is 6.10 Å². The Bertz CT molecular complexity index is 230. The molecular formula is C12H22N2O. The first-order chi connectivity index (χ1) is 7.33. The molecule has 0 aromatic rings. The maximum absolute atomic E-state index is 5.34. The maximum atomic E-state index is 5.34.